The zero-order valence-electron chi connectivity index (χ0n) is 16.6. The van der Waals surface area contributed by atoms with Gasteiger partial charge in [0.1, 0.15) is 4.90 Å². The minimum absolute atomic E-state index is 0.00803. The Bertz CT molecular complexity index is 1200. The second-order valence-electron chi connectivity index (χ2n) is 6.79. The first-order chi connectivity index (χ1) is 15.2. The number of hydrogen-bond donors (Lipinski definition) is 1. The van der Waals surface area contributed by atoms with Gasteiger partial charge in [-0.2, -0.15) is 4.31 Å². The van der Waals surface area contributed by atoms with Gasteiger partial charge in [0.25, 0.3) is 0 Å². The van der Waals surface area contributed by atoms with Crippen LogP contribution in [0.25, 0.3) is 0 Å². The molecule has 1 amide bonds. The van der Waals surface area contributed by atoms with E-state index in [1.807, 2.05) is 30.3 Å². The van der Waals surface area contributed by atoms with E-state index in [0.29, 0.717) is 6.42 Å². The smallest absolute Gasteiger partial charge is 0.245 e. The Kier molecular flexibility index (Phi) is 8.44. The molecule has 3 aromatic rings. The topological polar surface area (TPSA) is 66.5 Å². The average Bonchev–Trinajstić information content (AvgIpc) is 2.76. The summed E-state index contributed by atoms with van der Waals surface area (Å²) in [5.41, 5.74) is 1.13. The fraction of sp³-hybridized carbons (Fsp3) is 0.136. The van der Waals surface area contributed by atoms with E-state index in [1.54, 1.807) is 18.2 Å². The summed E-state index contributed by atoms with van der Waals surface area (Å²) < 4.78 is 27.9. The van der Waals surface area contributed by atoms with Gasteiger partial charge in [-0.3, -0.25) is 4.79 Å². The zero-order chi connectivity index (χ0) is 23.3. The molecule has 0 fully saturated rings. The molecule has 0 atom stereocenters. The molecule has 3 rings (SSSR count). The number of benzene rings is 3. The van der Waals surface area contributed by atoms with Crippen LogP contribution in [0.15, 0.2) is 71.6 Å². The summed E-state index contributed by atoms with van der Waals surface area (Å²) in [4.78, 5) is 12.6. The number of carbonyl (C=O) groups is 1. The third kappa shape index (κ3) is 6.16. The number of amides is 1. The Labute approximate surface area is 206 Å². The number of nitrogens with one attached hydrogen (secondary N) is 1. The normalized spacial score (nSPS) is 11.5. The van der Waals surface area contributed by atoms with Crippen molar-refractivity contribution in [3.8, 4) is 0 Å². The zero-order valence-corrected chi connectivity index (χ0v) is 20.4. The van der Waals surface area contributed by atoms with E-state index in [4.69, 9.17) is 46.4 Å². The van der Waals surface area contributed by atoms with Crippen molar-refractivity contribution in [2.24, 2.45) is 0 Å². The monoisotopic (exact) mass is 530 g/mol. The maximum atomic E-state index is 13.4. The van der Waals surface area contributed by atoms with Crippen molar-refractivity contribution >= 4 is 68.0 Å². The van der Waals surface area contributed by atoms with Crippen LogP contribution in [0.3, 0.4) is 0 Å². The quantitative estimate of drug-likeness (QED) is 0.378. The number of carbonyl (C=O) groups excluding carboxylic acids is 1. The molecule has 168 valence electrons. The fourth-order valence-corrected chi connectivity index (χ4v) is 5.58. The van der Waals surface area contributed by atoms with Crippen molar-refractivity contribution in [3.63, 3.8) is 0 Å². The molecule has 32 heavy (non-hydrogen) atoms. The highest BCUT2D eigenvalue weighted by Crippen LogP contribution is 2.31. The Morgan fingerprint density at radius 2 is 1.50 bits per heavy atom. The van der Waals surface area contributed by atoms with Gasteiger partial charge in [-0.15, -0.1) is 0 Å². The summed E-state index contributed by atoms with van der Waals surface area (Å²) in [7, 11) is -4.14. The lowest BCUT2D eigenvalue weighted by Gasteiger charge is -2.23. The molecule has 10 heteroatoms. The standard InChI is InChI=1S/C22H18Cl4N2O3S/c23-16-9-10-17(24)20(13-16)32(30,31)28(12-11-15-5-2-1-3-6-15)14-21(29)27-22-18(25)7-4-8-19(22)26/h1-10,13H,11-12,14H2,(H,27,29). The average molecular weight is 532 g/mol. The SMILES string of the molecule is O=C(CN(CCc1ccccc1)S(=O)(=O)c1cc(Cl)ccc1Cl)Nc1c(Cl)cccc1Cl. The number of nitrogens with zero attached hydrogens (tertiary/aromatic N) is 1. The Balaban J connectivity index is 1.89. The number of rotatable bonds is 8. The predicted octanol–water partition coefficient (Wildman–Crippen LogP) is 6.17. The molecule has 0 saturated carbocycles. The van der Waals surface area contributed by atoms with Gasteiger partial charge in [-0.1, -0.05) is 82.8 Å². The van der Waals surface area contributed by atoms with Gasteiger partial charge < -0.3 is 5.32 Å². The van der Waals surface area contributed by atoms with Gasteiger partial charge in [0.05, 0.1) is 27.3 Å². The number of anilines is 1. The van der Waals surface area contributed by atoms with Crippen LogP contribution >= 0.6 is 46.4 Å². The molecule has 0 aliphatic carbocycles. The molecule has 3 aromatic carbocycles. The molecule has 1 N–H and O–H groups in total. The summed E-state index contributed by atoms with van der Waals surface area (Å²) in [6.45, 7) is -0.432. The van der Waals surface area contributed by atoms with Crippen LogP contribution in [0.2, 0.25) is 20.1 Å². The third-order valence-corrected chi connectivity index (χ3v) is 7.74. The number of hydrogen-bond acceptors (Lipinski definition) is 3. The second-order valence-corrected chi connectivity index (χ2v) is 10.4. The summed E-state index contributed by atoms with van der Waals surface area (Å²) in [5, 5.41) is 3.28. The van der Waals surface area contributed by atoms with Gasteiger partial charge in [0.15, 0.2) is 0 Å². The summed E-state index contributed by atoms with van der Waals surface area (Å²) in [6, 6.07) is 18.3. The molecule has 5 nitrogen and oxygen atoms in total. The van der Waals surface area contributed by atoms with E-state index < -0.39 is 22.5 Å². The highest BCUT2D eigenvalue weighted by atomic mass is 35.5. The van der Waals surface area contributed by atoms with Crippen LogP contribution in [0.1, 0.15) is 5.56 Å². The lowest BCUT2D eigenvalue weighted by Crippen LogP contribution is -2.39. The Morgan fingerprint density at radius 1 is 0.844 bits per heavy atom. The first kappa shape index (κ1) is 24.8. The van der Waals surface area contributed by atoms with E-state index in [2.05, 4.69) is 5.32 Å². The van der Waals surface area contributed by atoms with Crippen LogP contribution in [0.4, 0.5) is 5.69 Å². The summed E-state index contributed by atoms with van der Waals surface area (Å²) in [5.74, 6) is -0.602. The van der Waals surface area contributed by atoms with Crippen molar-refractivity contribution in [1.29, 1.82) is 0 Å². The first-order valence-electron chi connectivity index (χ1n) is 9.41. The van der Waals surface area contributed by atoms with E-state index in [-0.39, 0.29) is 37.2 Å². The second kappa shape index (κ2) is 10.9. The Hall–Kier alpha value is -1.80. The fourth-order valence-electron chi connectivity index (χ4n) is 2.95. The molecular weight excluding hydrogens is 514 g/mol. The maximum Gasteiger partial charge on any atom is 0.245 e. The van der Waals surface area contributed by atoms with Crippen molar-refractivity contribution in [2.45, 2.75) is 11.3 Å². The maximum absolute atomic E-state index is 13.4. The lowest BCUT2D eigenvalue weighted by molar-refractivity contribution is -0.116. The van der Waals surface area contributed by atoms with Crippen LogP contribution in [-0.4, -0.2) is 31.7 Å². The van der Waals surface area contributed by atoms with E-state index in [0.717, 1.165) is 9.87 Å². The van der Waals surface area contributed by atoms with Crippen molar-refractivity contribution in [3.05, 3.63) is 92.4 Å². The first-order valence-corrected chi connectivity index (χ1v) is 12.4. The van der Waals surface area contributed by atoms with Gasteiger partial charge >= 0.3 is 0 Å². The molecule has 0 bridgehead atoms. The highest BCUT2D eigenvalue weighted by Gasteiger charge is 2.29. The van der Waals surface area contributed by atoms with Crippen molar-refractivity contribution < 1.29 is 13.2 Å². The van der Waals surface area contributed by atoms with E-state index >= 15 is 0 Å². The van der Waals surface area contributed by atoms with Crippen molar-refractivity contribution in [2.75, 3.05) is 18.4 Å². The molecule has 0 aliphatic heterocycles. The molecule has 0 saturated heterocycles. The Morgan fingerprint density at radius 3 is 2.16 bits per heavy atom. The van der Waals surface area contributed by atoms with Crippen LogP contribution in [0, 0.1) is 0 Å². The lowest BCUT2D eigenvalue weighted by atomic mass is 10.1. The number of para-hydroxylation sites is 1. The highest BCUT2D eigenvalue weighted by molar-refractivity contribution is 7.89. The van der Waals surface area contributed by atoms with Gasteiger partial charge in [0, 0.05) is 11.6 Å². The molecular formula is C22H18Cl4N2O3S. The molecule has 0 aromatic heterocycles. The van der Waals surface area contributed by atoms with Gasteiger partial charge in [-0.05, 0) is 42.3 Å². The molecule has 0 aliphatic rings. The van der Waals surface area contributed by atoms with Crippen LogP contribution < -0.4 is 5.32 Å². The van der Waals surface area contributed by atoms with Crippen LogP contribution in [0.5, 0.6) is 0 Å². The van der Waals surface area contributed by atoms with Gasteiger partial charge in [-0.25, -0.2) is 8.42 Å². The third-order valence-electron chi connectivity index (χ3n) is 4.55. The minimum atomic E-state index is -4.14. The number of halogens is 4. The molecule has 0 radical (unpaired) electrons. The number of sulfonamides is 1. The predicted molar refractivity (Wildman–Crippen MR) is 130 cm³/mol. The molecule has 0 heterocycles. The van der Waals surface area contributed by atoms with Gasteiger partial charge in [0.2, 0.25) is 15.9 Å². The van der Waals surface area contributed by atoms with E-state index in [1.165, 1.54) is 18.2 Å². The minimum Gasteiger partial charge on any atom is -0.322 e. The summed E-state index contributed by atoms with van der Waals surface area (Å²) in [6.07, 6.45) is 0.387. The molecule has 0 spiro atoms. The van der Waals surface area contributed by atoms with E-state index in [9.17, 15) is 13.2 Å². The van der Waals surface area contributed by atoms with Crippen molar-refractivity contribution in [1.82, 2.24) is 4.31 Å². The summed E-state index contributed by atoms with van der Waals surface area (Å²) >= 11 is 24.4. The largest absolute Gasteiger partial charge is 0.322 e. The molecule has 0 unspecified atom stereocenters. The van der Waals surface area contributed by atoms with Crippen LogP contribution in [-0.2, 0) is 21.2 Å².